The molecule has 0 aliphatic heterocycles. The smallest absolute Gasteiger partial charge is 0.220 e. The number of nitrogens with zero attached hydrogens (tertiary/aromatic N) is 3. The number of nitrogen functional groups attached to an aromatic ring is 1. The van der Waals surface area contributed by atoms with Gasteiger partial charge in [-0.3, -0.25) is 4.98 Å². The molecule has 19 heavy (non-hydrogen) atoms. The van der Waals surface area contributed by atoms with Crippen LogP contribution in [-0.4, -0.2) is 15.0 Å². The van der Waals surface area contributed by atoms with Crippen molar-refractivity contribution in [3.63, 3.8) is 0 Å². The summed E-state index contributed by atoms with van der Waals surface area (Å²) in [6.45, 7) is 2.02. The Morgan fingerprint density at radius 2 is 2.00 bits per heavy atom. The van der Waals surface area contributed by atoms with Crippen LogP contribution in [0.1, 0.15) is 5.56 Å². The van der Waals surface area contributed by atoms with Gasteiger partial charge in [0.1, 0.15) is 0 Å². The van der Waals surface area contributed by atoms with Crippen molar-refractivity contribution < 1.29 is 0 Å². The van der Waals surface area contributed by atoms with Gasteiger partial charge in [0.25, 0.3) is 0 Å². The molecule has 0 atom stereocenters. The Balaban J connectivity index is 2.26. The maximum atomic E-state index is 6.13. The number of halogens is 1. The second-order valence-corrected chi connectivity index (χ2v) is 4.72. The van der Waals surface area contributed by atoms with Crippen LogP contribution in [0, 0.1) is 6.92 Å². The van der Waals surface area contributed by atoms with E-state index in [-0.39, 0.29) is 5.95 Å². The van der Waals surface area contributed by atoms with Crippen LogP contribution < -0.4 is 5.73 Å². The molecular weight excluding hydrogens is 260 g/mol. The number of hydrogen-bond acceptors (Lipinski definition) is 4. The summed E-state index contributed by atoms with van der Waals surface area (Å²) < 4.78 is 0. The van der Waals surface area contributed by atoms with Gasteiger partial charge in [-0.15, -0.1) is 0 Å². The first-order chi connectivity index (χ1) is 9.15. The maximum Gasteiger partial charge on any atom is 0.220 e. The average molecular weight is 271 g/mol. The normalized spacial score (nSPS) is 10.8. The van der Waals surface area contributed by atoms with Crippen LogP contribution in [0.2, 0.25) is 5.02 Å². The van der Waals surface area contributed by atoms with Crippen LogP contribution in [0.25, 0.3) is 22.0 Å². The molecule has 0 saturated carbocycles. The molecule has 0 saturated heterocycles. The van der Waals surface area contributed by atoms with Crippen molar-refractivity contribution in [3.8, 4) is 11.3 Å². The van der Waals surface area contributed by atoms with Gasteiger partial charge in [0, 0.05) is 23.3 Å². The number of fused-ring (bicyclic) bond motifs is 1. The number of rotatable bonds is 1. The van der Waals surface area contributed by atoms with E-state index in [1.54, 1.807) is 0 Å². The van der Waals surface area contributed by atoms with E-state index in [9.17, 15) is 0 Å². The van der Waals surface area contributed by atoms with Crippen LogP contribution in [0.15, 0.2) is 36.8 Å². The molecule has 0 aliphatic rings. The Hall–Kier alpha value is -2.20. The molecule has 1 aromatic carbocycles. The van der Waals surface area contributed by atoms with Crippen molar-refractivity contribution in [2.45, 2.75) is 6.92 Å². The van der Waals surface area contributed by atoms with E-state index in [0.29, 0.717) is 10.7 Å². The summed E-state index contributed by atoms with van der Waals surface area (Å²) in [6, 6.07) is 6.00. The zero-order valence-electron chi connectivity index (χ0n) is 10.3. The third-order valence-corrected chi connectivity index (χ3v) is 3.27. The first kappa shape index (κ1) is 11.9. The van der Waals surface area contributed by atoms with E-state index < -0.39 is 0 Å². The SMILES string of the molecule is Cc1cncc2ccc(-c3nc(N)ncc3Cl)cc12. The third kappa shape index (κ3) is 2.11. The van der Waals surface area contributed by atoms with Gasteiger partial charge in [-0.05, 0) is 23.9 Å². The van der Waals surface area contributed by atoms with Gasteiger partial charge in [0.15, 0.2) is 0 Å². The largest absolute Gasteiger partial charge is 0.368 e. The first-order valence-electron chi connectivity index (χ1n) is 5.78. The van der Waals surface area contributed by atoms with Gasteiger partial charge < -0.3 is 5.73 Å². The van der Waals surface area contributed by atoms with Gasteiger partial charge >= 0.3 is 0 Å². The molecule has 0 amide bonds. The summed E-state index contributed by atoms with van der Waals surface area (Å²) in [6.07, 6.45) is 5.19. The lowest BCUT2D eigenvalue weighted by Gasteiger charge is -2.07. The number of hydrogen-bond donors (Lipinski definition) is 1. The highest BCUT2D eigenvalue weighted by Crippen LogP contribution is 2.29. The van der Waals surface area contributed by atoms with Gasteiger partial charge in [0.2, 0.25) is 5.95 Å². The Bertz CT molecular complexity index is 770. The fourth-order valence-corrected chi connectivity index (χ4v) is 2.24. The van der Waals surface area contributed by atoms with Gasteiger partial charge in [-0.1, -0.05) is 23.7 Å². The molecule has 0 fully saturated rings. The van der Waals surface area contributed by atoms with Crippen LogP contribution in [0.3, 0.4) is 0 Å². The molecule has 2 N–H and O–H groups in total. The Kier molecular flexibility index (Phi) is 2.80. The number of anilines is 1. The van der Waals surface area contributed by atoms with Crippen LogP contribution >= 0.6 is 11.6 Å². The van der Waals surface area contributed by atoms with Crippen molar-refractivity contribution in [2.75, 3.05) is 5.73 Å². The van der Waals surface area contributed by atoms with E-state index in [1.165, 1.54) is 6.20 Å². The number of aromatic nitrogens is 3. The number of pyridine rings is 1. The second kappa shape index (κ2) is 4.48. The van der Waals surface area contributed by atoms with Gasteiger partial charge in [0.05, 0.1) is 16.9 Å². The summed E-state index contributed by atoms with van der Waals surface area (Å²) >= 11 is 6.13. The van der Waals surface area contributed by atoms with Crippen molar-refractivity contribution in [3.05, 3.63) is 47.4 Å². The van der Waals surface area contributed by atoms with E-state index >= 15 is 0 Å². The standard InChI is InChI=1S/C14H11ClN4/c1-8-5-17-6-10-3-2-9(4-11(8)10)13-12(15)7-18-14(16)19-13/h2-7H,1H3,(H2,16,18,19). The molecule has 94 valence electrons. The van der Waals surface area contributed by atoms with Crippen molar-refractivity contribution >= 4 is 28.3 Å². The lowest BCUT2D eigenvalue weighted by atomic mass is 10.0. The monoisotopic (exact) mass is 270 g/mol. The lowest BCUT2D eigenvalue weighted by Crippen LogP contribution is -1.96. The van der Waals surface area contributed by atoms with E-state index in [0.717, 1.165) is 21.9 Å². The van der Waals surface area contributed by atoms with Gasteiger partial charge in [-0.25, -0.2) is 9.97 Å². The molecule has 3 aromatic rings. The highest BCUT2D eigenvalue weighted by molar-refractivity contribution is 6.33. The summed E-state index contributed by atoms with van der Waals surface area (Å²) in [5.74, 6) is 0.214. The van der Waals surface area contributed by atoms with E-state index in [4.69, 9.17) is 17.3 Å². The van der Waals surface area contributed by atoms with E-state index in [1.807, 2.05) is 37.5 Å². The van der Waals surface area contributed by atoms with Crippen molar-refractivity contribution in [2.24, 2.45) is 0 Å². The summed E-state index contributed by atoms with van der Waals surface area (Å²) in [7, 11) is 0. The highest BCUT2D eigenvalue weighted by atomic mass is 35.5. The summed E-state index contributed by atoms with van der Waals surface area (Å²) in [5.41, 5.74) is 8.29. The Morgan fingerprint density at radius 1 is 1.16 bits per heavy atom. The minimum atomic E-state index is 0.214. The van der Waals surface area contributed by atoms with Crippen LogP contribution in [0.5, 0.6) is 0 Å². The van der Waals surface area contributed by atoms with Crippen molar-refractivity contribution in [1.29, 1.82) is 0 Å². The predicted molar refractivity (Wildman–Crippen MR) is 76.9 cm³/mol. The summed E-state index contributed by atoms with van der Waals surface area (Å²) in [5, 5.41) is 2.70. The minimum absolute atomic E-state index is 0.214. The molecule has 4 nitrogen and oxygen atoms in total. The molecule has 0 unspecified atom stereocenters. The third-order valence-electron chi connectivity index (χ3n) is 3.00. The molecule has 3 rings (SSSR count). The van der Waals surface area contributed by atoms with Gasteiger partial charge in [-0.2, -0.15) is 0 Å². The number of nitrogens with two attached hydrogens (primary N) is 1. The molecule has 0 spiro atoms. The zero-order valence-corrected chi connectivity index (χ0v) is 11.0. The van der Waals surface area contributed by atoms with E-state index in [2.05, 4.69) is 15.0 Å². The fourth-order valence-electron chi connectivity index (χ4n) is 2.04. The maximum absolute atomic E-state index is 6.13. The molecule has 0 aliphatic carbocycles. The number of aryl methyl sites for hydroxylation is 1. The fraction of sp³-hybridized carbons (Fsp3) is 0.0714. The highest BCUT2D eigenvalue weighted by Gasteiger charge is 2.08. The topological polar surface area (TPSA) is 64.7 Å². The molecule has 5 heteroatoms. The molecule has 2 heterocycles. The quantitative estimate of drug-likeness (QED) is 0.737. The van der Waals surface area contributed by atoms with Crippen LogP contribution in [0.4, 0.5) is 5.95 Å². The average Bonchev–Trinajstić information content (AvgIpc) is 2.42. The predicted octanol–water partition coefficient (Wildman–Crippen LogP) is 3.24. The summed E-state index contributed by atoms with van der Waals surface area (Å²) in [4.78, 5) is 12.2. The Morgan fingerprint density at radius 3 is 2.84 bits per heavy atom. The van der Waals surface area contributed by atoms with Crippen LogP contribution in [-0.2, 0) is 0 Å². The second-order valence-electron chi connectivity index (χ2n) is 4.32. The minimum Gasteiger partial charge on any atom is -0.368 e. The molecule has 0 radical (unpaired) electrons. The molecule has 2 aromatic heterocycles. The molecular formula is C14H11ClN4. The first-order valence-corrected chi connectivity index (χ1v) is 6.16. The number of benzene rings is 1. The lowest BCUT2D eigenvalue weighted by molar-refractivity contribution is 1.19. The van der Waals surface area contributed by atoms with Crippen molar-refractivity contribution in [1.82, 2.24) is 15.0 Å². The zero-order chi connectivity index (χ0) is 13.4. The molecule has 0 bridgehead atoms. The Labute approximate surface area is 115 Å².